The van der Waals surface area contributed by atoms with Crippen molar-refractivity contribution in [2.45, 2.75) is 37.1 Å². The number of aliphatic hydroxyl groups is 1. The van der Waals surface area contributed by atoms with Crippen molar-refractivity contribution in [3.63, 3.8) is 0 Å². The second-order valence-electron chi connectivity index (χ2n) is 3.61. The second-order valence-corrected chi connectivity index (χ2v) is 3.61. The Morgan fingerprint density at radius 3 is 2.75 bits per heavy atom. The predicted octanol–water partition coefficient (Wildman–Crippen LogP) is -0.351. The maximum absolute atomic E-state index is 12.8. The van der Waals surface area contributed by atoms with E-state index in [9.17, 15) is 13.9 Å². The molecule has 2 aliphatic rings. The van der Waals surface area contributed by atoms with Crippen molar-refractivity contribution >= 4 is 0 Å². The van der Waals surface area contributed by atoms with Crippen molar-refractivity contribution in [3.8, 4) is 0 Å². The molecule has 0 radical (unpaired) electrons. The number of nitrogens with two attached hydrogens (primary N) is 1. The van der Waals surface area contributed by atoms with Crippen molar-refractivity contribution in [1.29, 1.82) is 0 Å². The molecule has 1 heterocycles. The average Bonchev–Trinajstić information content (AvgIpc) is 2.53. The molecule has 1 aliphatic heterocycles. The largest absolute Gasteiger partial charge is 0.377 e. The van der Waals surface area contributed by atoms with Crippen molar-refractivity contribution in [2.24, 2.45) is 11.7 Å². The molecule has 3 unspecified atom stereocenters. The Bertz CT molecular complexity index is 200. The summed E-state index contributed by atoms with van der Waals surface area (Å²) in [5.74, 6) is -3.23. The van der Waals surface area contributed by atoms with Crippen LogP contribution in [0.5, 0.6) is 0 Å². The topological polar surface area (TPSA) is 58.3 Å². The van der Waals surface area contributed by atoms with Crippen LogP contribution in [-0.2, 0) is 0 Å². The first kappa shape index (κ1) is 8.34. The summed E-state index contributed by atoms with van der Waals surface area (Å²) in [5, 5.41) is 11.7. The molecule has 3 nitrogen and oxygen atoms in total. The van der Waals surface area contributed by atoms with Crippen LogP contribution in [0.3, 0.4) is 0 Å². The number of alkyl halides is 2. The zero-order valence-corrected chi connectivity index (χ0v) is 6.50. The van der Waals surface area contributed by atoms with Crippen LogP contribution in [0.15, 0.2) is 0 Å². The van der Waals surface area contributed by atoms with Gasteiger partial charge in [0.1, 0.15) is 6.23 Å². The Kier molecular flexibility index (Phi) is 1.65. The van der Waals surface area contributed by atoms with Gasteiger partial charge in [-0.1, -0.05) is 0 Å². The predicted molar refractivity (Wildman–Crippen MR) is 38.6 cm³/mol. The molecule has 0 spiro atoms. The third kappa shape index (κ3) is 1.04. The summed E-state index contributed by atoms with van der Waals surface area (Å²) in [6.45, 7) is 0. The zero-order valence-electron chi connectivity index (χ0n) is 6.50. The highest BCUT2D eigenvalue weighted by atomic mass is 19.3. The fourth-order valence-corrected chi connectivity index (χ4v) is 1.81. The minimum atomic E-state index is -2.62. The van der Waals surface area contributed by atoms with E-state index in [0.29, 0.717) is 12.8 Å². The average molecular weight is 178 g/mol. The van der Waals surface area contributed by atoms with Gasteiger partial charge in [0, 0.05) is 12.0 Å². The number of halogens is 2. The third-order valence-electron chi connectivity index (χ3n) is 2.77. The first-order valence-corrected chi connectivity index (χ1v) is 4.11. The fourth-order valence-electron chi connectivity index (χ4n) is 1.81. The van der Waals surface area contributed by atoms with E-state index in [1.165, 1.54) is 0 Å². The monoisotopic (exact) mass is 178 g/mol. The van der Waals surface area contributed by atoms with Crippen LogP contribution in [0.2, 0.25) is 0 Å². The van der Waals surface area contributed by atoms with Crippen molar-refractivity contribution in [1.82, 2.24) is 5.32 Å². The molecule has 5 heteroatoms. The van der Waals surface area contributed by atoms with Gasteiger partial charge in [-0.2, -0.15) is 0 Å². The molecule has 2 fully saturated rings. The van der Waals surface area contributed by atoms with Crippen LogP contribution in [-0.4, -0.2) is 29.3 Å². The molecule has 2 rings (SSSR count). The third-order valence-corrected chi connectivity index (χ3v) is 2.77. The zero-order chi connectivity index (χ0) is 8.93. The van der Waals surface area contributed by atoms with E-state index in [1.54, 1.807) is 0 Å². The van der Waals surface area contributed by atoms with Crippen molar-refractivity contribution in [3.05, 3.63) is 0 Å². The van der Waals surface area contributed by atoms with E-state index in [1.807, 2.05) is 0 Å². The lowest BCUT2D eigenvalue weighted by Crippen LogP contribution is -2.46. The molecule has 70 valence electrons. The molecule has 4 atom stereocenters. The standard InChI is InChI=1S/C7H12F2N2O/c8-7(9)3-1-2-4(10)6(12)11-5(3)7/h3-6,11-12H,1-2,10H2/t3?,4-,5?,6?/m0/s1. The van der Waals surface area contributed by atoms with E-state index in [0.717, 1.165) is 0 Å². The van der Waals surface area contributed by atoms with E-state index >= 15 is 0 Å². The van der Waals surface area contributed by atoms with Crippen LogP contribution in [0.4, 0.5) is 8.78 Å². The lowest BCUT2D eigenvalue weighted by atomic mass is 10.1. The fraction of sp³-hybridized carbons (Fsp3) is 1.00. The molecule has 1 aliphatic carbocycles. The van der Waals surface area contributed by atoms with Crippen LogP contribution >= 0.6 is 0 Å². The summed E-state index contributed by atoms with van der Waals surface area (Å²) in [7, 11) is 0. The summed E-state index contributed by atoms with van der Waals surface area (Å²) in [6.07, 6.45) is -0.109. The molecule has 0 aromatic carbocycles. The van der Waals surface area contributed by atoms with E-state index in [-0.39, 0.29) is 0 Å². The SMILES string of the molecule is N[C@H]1CCC2C(NC1O)C2(F)F. The minimum absolute atomic E-state index is 0.406. The van der Waals surface area contributed by atoms with Crippen molar-refractivity contribution in [2.75, 3.05) is 0 Å². The van der Waals surface area contributed by atoms with Gasteiger partial charge in [-0.25, -0.2) is 8.78 Å². The first-order valence-electron chi connectivity index (χ1n) is 4.11. The van der Waals surface area contributed by atoms with Gasteiger partial charge < -0.3 is 10.8 Å². The van der Waals surface area contributed by atoms with Gasteiger partial charge in [0.2, 0.25) is 0 Å². The van der Waals surface area contributed by atoms with Crippen LogP contribution in [0.1, 0.15) is 12.8 Å². The van der Waals surface area contributed by atoms with Gasteiger partial charge in [-0.05, 0) is 12.8 Å². The van der Waals surface area contributed by atoms with Crippen LogP contribution in [0.25, 0.3) is 0 Å². The molecular weight excluding hydrogens is 166 g/mol. The molecule has 0 amide bonds. The van der Waals surface area contributed by atoms with Gasteiger partial charge in [0.25, 0.3) is 5.92 Å². The molecular formula is C7H12F2N2O. The molecule has 4 N–H and O–H groups in total. The first-order chi connectivity index (χ1) is 5.53. The minimum Gasteiger partial charge on any atom is -0.377 e. The molecule has 12 heavy (non-hydrogen) atoms. The smallest absolute Gasteiger partial charge is 0.268 e. The van der Waals surface area contributed by atoms with Gasteiger partial charge in [0.05, 0.1) is 6.04 Å². The molecule has 0 aromatic heterocycles. The Balaban J connectivity index is 2.04. The van der Waals surface area contributed by atoms with Crippen molar-refractivity contribution < 1.29 is 13.9 Å². The lowest BCUT2D eigenvalue weighted by Gasteiger charge is -2.17. The number of nitrogens with one attached hydrogen (secondary N) is 1. The summed E-state index contributed by atoms with van der Waals surface area (Å²) < 4.78 is 25.5. The summed E-state index contributed by atoms with van der Waals surface area (Å²) in [4.78, 5) is 0. The second kappa shape index (κ2) is 2.37. The molecule has 1 saturated carbocycles. The summed E-state index contributed by atoms with van der Waals surface area (Å²) in [5.41, 5.74) is 5.49. The Hall–Kier alpha value is -0.260. The lowest BCUT2D eigenvalue weighted by molar-refractivity contribution is 0.0502. The van der Waals surface area contributed by atoms with Crippen LogP contribution < -0.4 is 11.1 Å². The maximum atomic E-state index is 12.8. The van der Waals surface area contributed by atoms with E-state index < -0.39 is 30.2 Å². The van der Waals surface area contributed by atoms with Gasteiger partial charge >= 0.3 is 0 Å². The highest BCUT2D eigenvalue weighted by Gasteiger charge is 2.68. The number of hydrogen-bond acceptors (Lipinski definition) is 3. The summed E-state index contributed by atoms with van der Waals surface area (Å²) in [6, 6.07) is -1.25. The molecule has 1 saturated heterocycles. The van der Waals surface area contributed by atoms with Gasteiger partial charge in [0.15, 0.2) is 0 Å². The molecule has 0 aromatic rings. The quantitative estimate of drug-likeness (QED) is 0.475. The summed E-state index contributed by atoms with van der Waals surface area (Å²) >= 11 is 0. The van der Waals surface area contributed by atoms with E-state index in [4.69, 9.17) is 5.73 Å². The molecule has 0 bridgehead atoms. The number of fused-ring (bicyclic) bond motifs is 1. The Labute approximate surface area is 68.9 Å². The normalized spacial score (nSPS) is 51.0. The number of aliphatic hydroxyl groups excluding tert-OH is 1. The Morgan fingerprint density at radius 2 is 2.08 bits per heavy atom. The highest BCUT2D eigenvalue weighted by molar-refractivity contribution is 5.13. The Morgan fingerprint density at radius 1 is 1.42 bits per heavy atom. The maximum Gasteiger partial charge on any atom is 0.268 e. The van der Waals surface area contributed by atoms with Gasteiger partial charge in [-0.15, -0.1) is 0 Å². The number of rotatable bonds is 0. The highest BCUT2D eigenvalue weighted by Crippen LogP contribution is 2.52. The van der Waals surface area contributed by atoms with Gasteiger partial charge in [-0.3, -0.25) is 5.32 Å². The van der Waals surface area contributed by atoms with Crippen LogP contribution in [0, 0.1) is 5.92 Å². The number of hydrogen-bond donors (Lipinski definition) is 3. The van der Waals surface area contributed by atoms with E-state index in [2.05, 4.69) is 5.32 Å².